The van der Waals surface area contributed by atoms with Crippen LogP contribution in [0, 0.1) is 5.92 Å². The van der Waals surface area contributed by atoms with E-state index in [0.717, 1.165) is 17.2 Å². The van der Waals surface area contributed by atoms with Crippen LogP contribution in [0.25, 0.3) is 0 Å². The number of benzene rings is 1. The Morgan fingerprint density at radius 2 is 1.93 bits per heavy atom. The Morgan fingerprint density at radius 1 is 1.14 bits per heavy atom. The number of rotatable bonds is 3. The summed E-state index contributed by atoms with van der Waals surface area (Å²) in [5.74, 6) is 1.42. The number of anilines is 1. The number of hydrogen-bond donors (Lipinski definition) is 1. The molecule has 1 N–H and O–H groups in total. The van der Waals surface area contributed by atoms with Gasteiger partial charge in [0.25, 0.3) is 0 Å². The fourth-order valence-corrected chi connectivity index (χ4v) is 3.81. The lowest BCUT2D eigenvalue weighted by Crippen LogP contribution is -2.52. The predicted octanol–water partition coefficient (Wildman–Crippen LogP) is 3.02. The van der Waals surface area contributed by atoms with E-state index in [0.29, 0.717) is 39.0 Å². The van der Waals surface area contributed by atoms with Crippen LogP contribution in [0.1, 0.15) is 25.5 Å². The van der Waals surface area contributed by atoms with Crippen LogP contribution in [0.2, 0.25) is 0 Å². The fourth-order valence-electron chi connectivity index (χ4n) is 3.81. The van der Waals surface area contributed by atoms with Crippen molar-refractivity contribution in [1.82, 2.24) is 10.2 Å². The zero-order valence-corrected chi connectivity index (χ0v) is 16.0. The van der Waals surface area contributed by atoms with Crippen molar-refractivity contribution in [2.75, 3.05) is 24.5 Å². The summed E-state index contributed by atoms with van der Waals surface area (Å²) in [4.78, 5) is 29.1. The Morgan fingerprint density at radius 3 is 2.68 bits per heavy atom. The third-order valence-corrected chi connectivity index (χ3v) is 5.31. The van der Waals surface area contributed by atoms with Crippen LogP contribution in [-0.2, 0) is 11.3 Å². The van der Waals surface area contributed by atoms with Crippen molar-refractivity contribution in [3.05, 3.63) is 48.4 Å². The Balaban J connectivity index is 1.33. The van der Waals surface area contributed by atoms with Gasteiger partial charge in [0.2, 0.25) is 5.91 Å². The number of para-hydroxylation sites is 2. The normalized spacial score (nSPS) is 19.7. The molecule has 3 heterocycles. The van der Waals surface area contributed by atoms with Crippen LogP contribution < -0.4 is 15.0 Å². The molecule has 7 heteroatoms. The molecular formula is C21H25N3O4. The van der Waals surface area contributed by atoms with Crippen molar-refractivity contribution >= 4 is 17.6 Å². The van der Waals surface area contributed by atoms with Crippen LogP contribution in [0.4, 0.5) is 10.5 Å². The molecule has 2 aliphatic heterocycles. The number of carbonyl (C=O) groups excluding carboxylic acids is 2. The van der Waals surface area contributed by atoms with Crippen LogP contribution >= 0.6 is 0 Å². The molecule has 0 unspecified atom stereocenters. The molecule has 7 nitrogen and oxygen atoms in total. The van der Waals surface area contributed by atoms with Gasteiger partial charge in [-0.15, -0.1) is 0 Å². The van der Waals surface area contributed by atoms with Gasteiger partial charge in [-0.05, 0) is 44.0 Å². The van der Waals surface area contributed by atoms with Gasteiger partial charge in [-0.1, -0.05) is 12.1 Å². The Bertz CT molecular complexity index is 828. The number of carbonyl (C=O) groups is 2. The fraction of sp³-hybridized carbons (Fsp3) is 0.429. The molecule has 1 aromatic carbocycles. The third-order valence-electron chi connectivity index (χ3n) is 5.31. The lowest BCUT2D eigenvalue weighted by atomic mass is 9.96. The molecule has 0 spiro atoms. The summed E-state index contributed by atoms with van der Waals surface area (Å²) < 4.78 is 11.1. The quantitative estimate of drug-likeness (QED) is 0.884. The summed E-state index contributed by atoms with van der Waals surface area (Å²) in [7, 11) is 0. The Hall–Kier alpha value is -2.96. The number of fused-ring (bicyclic) bond motifs is 1. The van der Waals surface area contributed by atoms with Crippen molar-refractivity contribution in [3.63, 3.8) is 0 Å². The molecular weight excluding hydrogens is 358 g/mol. The Labute approximate surface area is 164 Å². The van der Waals surface area contributed by atoms with E-state index in [1.807, 2.05) is 42.2 Å². The highest BCUT2D eigenvalue weighted by molar-refractivity contribution is 5.94. The van der Waals surface area contributed by atoms with Crippen molar-refractivity contribution in [2.45, 2.75) is 32.4 Å². The smallest absolute Gasteiger partial charge is 0.324 e. The molecule has 1 fully saturated rings. The minimum absolute atomic E-state index is 0.0166. The highest BCUT2D eigenvalue weighted by Gasteiger charge is 2.33. The first-order valence-corrected chi connectivity index (χ1v) is 9.74. The SMILES string of the molecule is C[C@@H]1CN(C(=O)N2CCC(C(=O)NCc3ccco3)CC2)c2ccccc2O1. The molecule has 148 valence electrons. The predicted molar refractivity (Wildman–Crippen MR) is 104 cm³/mol. The number of furan rings is 1. The number of nitrogens with zero attached hydrogens (tertiary/aromatic N) is 2. The average Bonchev–Trinajstić information content (AvgIpc) is 3.24. The number of amides is 3. The highest BCUT2D eigenvalue weighted by Crippen LogP contribution is 2.34. The van der Waals surface area contributed by atoms with Crippen molar-refractivity contribution < 1.29 is 18.7 Å². The molecule has 0 aliphatic carbocycles. The highest BCUT2D eigenvalue weighted by atomic mass is 16.5. The largest absolute Gasteiger partial charge is 0.487 e. The molecule has 4 rings (SSSR count). The van der Waals surface area contributed by atoms with Gasteiger partial charge < -0.3 is 19.4 Å². The molecule has 0 radical (unpaired) electrons. The van der Waals surface area contributed by atoms with Gasteiger partial charge in [-0.3, -0.25) is 9.69 Å². The number of likely N-dealkylation sites (tertiary alicyclic amines) is 1. The minimum Gasteiger partial charge on any atom is -0.487 e. The molecule has 0 bridgehead atoms. The van der Waals surface area contributed by atoms with E-state index in [4.69, 9.17) is 9.15 Å². The van der Waals surface area contributed by atoms with Crippen LogP contribution in [-0.4, -0.2) is 42.6 Å². The molecule has 0 saturated carbocycles. The van der Waals surface area contributed by atoms with Crippen LogP contribution in [0.5, 0.6) is 5.75 Å². The van der Waals surface area contributed by atoms with E-state index in [2.05, 4.69) is 5.32 Å². The molecule has 28 heavy (non-hydrogen) atoms. The summed E-state index contributed by atoms with van der Waals surface area (Å²) in [6, 6.07) is 11.2. The van der Waals surface area contributed by atoms with Gasteiger partial charge in [0.1, 0.15) is 17.6 Å². The zero-order valence-electron chi connectivity index (χ0n) is 16.0. The topological polar surface area (TPSA) is 75.0 Å². The monoisotopic (exact) mass is 383 g/mol. The van der Waals surface area contributed by atoms with Crippen LogP contribution in [0.15, 0.2) is 47.1 Å². The van der Waals surface area contributed by atoms with Gasteiger partial charge in [-0.2, -0.15) is 0 Å². The van der Waals surface area contributed by atoms with Crippen molar-refractivity contribution in [1.29, 1.82) is 0 Å². The molecule has 1 atom stereocenters. The summed E-state index contributed by atoms with van der Waals surface area (Å²) in [6.45, 7) is 4.04. The van der Waals surface area contributed by atoms with E-state index in [9.17, 15) is 9.59 Å². The first kappa shape index (κ1) is 18.4. The summed E-state index contributed by atoms with van der Waals surface area (Å²) in [5, 5.41) is 2.92. The molecule has 1 saturated heterocycles. The maximum atomic E-state index is 13.1. The van der Waals surface area contributed by atoms with Gasteiger partial charge in [0.05, 0.1) is 25.0 Å². The van der Waals surface area contributed by atoms with Gasteiger partial charge in [0.15, 0.2) is 0 Å². The minimum atomic E-state index is -0.0742. The number of hydrogen-bond acceptors (Lipinski definition) is 4. The molecule has 3 amide bonds. The summed E-state index contributed by atoms with van der Waals surface area (Å²) in [6.07, 6.45) is 2.87. The van der Waals surface area contributed by atoms with E-state index in [-0.39, 0.29) is 24.0 Å². The number of piperidine rings is 1. The second kappa shape index (κ2) is 7.96. The summed E-state index contributed by atoms with van der Waals surface area (Å²) >= 11 is 0. The average molecular weight is 383 g/mol. The lowest BCUT2D eigenvalue weighted by molar-refractivity contribution is -0.126. The second-order valence-electron chi connectivity index (χ2n) is 7.35. The van der Waals surface area contributed by atoms with Crippen molar-refractivity contribution in [3.8, 4) is 5.75 Å². The standard InChI is InChI=1S/C21H25N3O4/c1-15-14-24(18-6-2-3-7-19(18)28-15)21(26)23-10-8-16(9-11-23)20(25)22-13-17-5-4-12-27-17/h2-7,12,15-16H,8-11,13-14H2,1H3,(H,22,25)/t15-/m1/s1. The zero-order chi connectivity index (χ0) is 19.5. The van der Waals surface area contributed by atoms with Crippen LogP contribution in [0.3, 0.4) is 0 Å². The Kier molecular flexibility index (Phi) is 5.23. The molecule has 1 aromatic heterocycles. The second-order valence-corrected chi connectivity index (χ2v) is 7.35. The summed E-state index contributed by atoms with van der Waals surface area (Å²) in [5.41, 5.74) is 0.809. The van der Waals surface area contributed by atoms with E-state index < -0.39 is 0 Å². The number of ether oxygens (including phenoxy) is 1. The van der Waals surface area contributed by atoms with Gasteiger partial charge >= 0.3 is 6.03 Å². The van der Waals surface area contributed by atoms with Crippen molar-refractivity contribution in [2.24, 2.45) is 5.92 Å². The van der Waals surface area contributed by atoms with E-state index in [1.54, 1.807) is 17.2 Å². The molecule has 2 aromatic rings. The maximum absolute atomic E-state index is 13.1. The number of urea groups is 1. The third kappa shape index (κ3) is 3.83. The maximum Gasteiger partial charge on any atom is 0.324 e. The van der Waals surface area contributed by atoms with Gasteiger partial charge in [0, 0.05) is 19.0 Å². The lowest BCUT2D eigenvalue weighted by Gasteiger charge is -2.39. The van der Waals surface area contributed by atoms with E-state index >= 15 is 0 Å². The number of nitrogens with one attached hydrogen (secondary N) is 1. The first-order valence-electron chi connectivity index (χ1n) is 9.74. The van der Waals surface area contributed by atoms with E-state index in [1.165, 1.54) is 0 Å². The van der Waals surface area contributed by atoms with Gasteiger partial charge in [-0.25, -0.2) is 4.79 Å². The molecule has 2 aliphatic rings. The first-order chi connectivity index (χ1) is 13.6.